The molecule has 0 saturated heterocycles. The van der Waals surface area contributed by atoms with Crippen molar-refractivity contribution >= 4 is 17.5 Å². The number of aromatic nitrogens is 1. The summed E-state index contributed by atoms with van der Waals surface area (Å²) in [5, 5.41) is 3.33. The van der Waals surface area contributed by atoms with Gasteiger partial charge in [0.1, 0.15) is 5.82 Å². The Labute approximate surface area is 125 Å². The van der Waals surface area contributed by atoms with Gasteiger partial charge in [-0.15, -0.1) is 0 Å². The Hall–Kier alpha value is -2.36. The lowest BCUT2D eigenvalue weighted by Gasteiger charge is -2.13. The molecule has 0 spiro atoms. The second kappa shape index (κ2) is 6.88. The van der Waals surface area contributed by atoms with Gasteiger partial charge in [0.05, 0.1) is 12.2 Å². The quantitative estimate of drug-likeness (QED) is 0.847. The molecule has 110 valence electrons. The van der Waals surface area contributed by atoms with Gasteiger partial charge in [-0.2, -0.15) is 0 Å². The smallest absolute Gasteiger partial charge is 0.339 e. The predicted molar refractivity (Wildman–Crippen MR) is 84.0 cm³/mol. The number of hydrogen-bond acceptors (Lipinski definition) is 4. The summed E-state index contributed by atoms with van der Waals surface area (Å²) in [7, 11) is 0. The molecule has 1 heterocycles. The molecular formula is C17H20N2O2. The minimum atomic E-state index is -0.346. The molecule has 4 nitrogen and oxygen atoms in total. The van der Waals surface area contributed by atoms with Crippen molar-refractivity contribution in [1.82, 2.24) is 4.98 Å². The number of carbonyl (C=O) groups is 1. The number of ether oxygens (including phenoxy) is 1. The number of nitrogens with zero attached hydrogens (tertiary/aromatic N) is 1. The van der Waals surface area contributed by atoms with E-state index in [1.54, 1.807) is 19.1 Å². The highest BCUT2D eigenvalue weighted by molar-refractivity contribution is 5.89. The molecule has 1 aromatic carbocycles. The van der Waals surface area contributed by atoms with Gasteiger partial charge in [-0.25, -0.2) is 9.78 Å². The molecule has 0 fully saturated rings. The maximum Gasteiger partial charge on any atom is 0.339 e. The third-order valence-electron chi connectivity index (χ3n) is 3.27. The first-order valence-corrected chi connectivity index (χ1v) is 7.14. The summed E-state index contributed by atoms with van der Waals surface area (Å²) < 4.78 is 4.94. The zero-order valence-electron chi connectivity index (χ0n) is 12.6. The summed E-state index contributed by atoms with van der Waals surface area (Å²) in [5.41, 5.74) is 3.95. The van der Waals surface area contributed by atoms with Gasteiger partial charge in [0.15, 0.2) is 0 Å². The molecule has 0 amide bonds. The van der Waals surface area contributed by atoms with E-state index in [-0.39, 0.29) is 5.97 Å². The normalized spacial score (nSPS) is 10.2. The Morgan fingerprint density at radius 3 is 2.67 bits per heavy atom. The first-order chi connectivity index (χ1) is 10.2. The SMILES string of the molecule is CCOC(=O)c1ccc(Nc2c(C)cccc2CC)nc1. The molecule has 0 aliphatic rings. The summed E-state index contributed by atoms with van der Waals surface area (Å²) in [6.07, 6.45) is 2.48. The highest BCUT2D eigenvalue weighted by atomic mass is 16.5. The van der Waals surface area contributed by atoms with Gasteiger partial charge in [-0.1, -0.05) is 25.1 Å². The number of hydrogen-bond donors (Lipinski definition) is 1. The largest absolute Gasteiger partial charge is 0.462 e. The van der Waals surface area contributed by atoms with Crippen LogP contribution in [0.15, 0.2) is 36.5 Å². The standard InChI is InChI=1S/C17H20N2O2/c1-4-13-8-6-7-12(3)16(13)19-15-10-9-14(11-18-15)17(20)21-5-2/h6-11H,4-5H2,1-3H3,(H,18,19). The van der Waals surface area contributed by atoms with Crippen LogP contribution in [0.5, 0.6) is 0 Å². The van der Waals surface area contributed by atoms with Crippen molar-refractivity contribution in [2.24, 2.45) is 0 Å². The van der Waals surface area contributed by atoms with Gasteiger partial charge in [-0.05, 0) is 43.5 Å². The Morgan fingerprint density at radius 1 is 1.24 bits per heavy atom. The first kappa shape index (κ1) is 15.0. The average Bonchev–Trinajstić information content (AvgIpc) is 2.50. The van der Waals surface area contributed by atoms with E-state index in [0.717, 1.165) is 12.1 Å². The molecule has 0 unspecified atom stereocenters. The van der Waals surface area contributed by atoms with Crippen molar-refractivity contribution in [3.63, 3.8) is 0 Å². The molecule has 0 aliphatic carbocycles. The van der Waals surface area contributed by atoms with Crippen LogP contribution in [0.3, 0.4) is 0 Å². The topological polar surface area (TPSA) is 51.2 Å². The van der Waals surface area contributed by atoms with Gasteiger partial charge in [0.25, 0.3) is 0 Å². The lowest BCUT2D eigenvalue weighted by atomic mass is 10.1. The minimum Gasteiger partial charge on any atom is -0.462 e. The average molecular weight is 284 g/mol. The third kappa shape index (κ3) is 3.60. The third-order valence-corrected chi connectivity index (χ3v) is 3.27. The summed E-state index contributed by atoms with van der Waals surface area (Å²) in [6.45, 7) is 6.33. The van der Waals surface area contributed by atoms with Crippen LogP contribution < -0.4 is 5.32 Å². The summed E-state index contributed by atoms with van der Waals surface area (Å²) in [4.78, 5) is 15.9. The Morgan fingerprint density at radius 2 is 2.05 bits per heavy atom. The molecule has 0 bridgehead atoms. The Bertz CT molecular complexity index is 621. The molecule has 1 N–H and O–H groups in total. The lowest BCUT2D eigenvalue weighted by molar-refractivity contribution is 0.0526. The van der Waals surface area contributed by atoms with E-state index in [1.165, 1.54) is 17.3 Å². The van der Waals surface area contributed by atoms with Crippen LogP contribution in [0, 0.1) is 6.92 Å². The number of nitrogens with one attached hydrogen (secondary N) is 1. The van der Waals surface area contributed by atoms with Crippen LogP contribution in [0.25, 0.3) is 0 Å². The van der Waals surface area contributed by atoms with E-state index in [0.29, 0.717) is 18.0 Å². The summed E-state index contributed by atoms with van der Waals surface area (Å²) in [6, 6.07) is 9.72. The van der Waals surface area contributed by atoms with Crippen molar-refractivity contribution in [3.05, 3.63) is 53.2 Å². The molecule has 2 rings (SSSR count). The molecule has 1 aromatic heterocycles. The second-order valence-electron chi connectivity index (χ2n) is 4.74. The van der Waals surface area contributed by atoms with Crippen LogP contribution in [-0.2, 0) is 11.2 Å². The van der Waals surface area contributed by atoms with Crippen molar-refractivity contribution < 1.29 is 9.53 Å². The number of aryl methyl sites for hydroxylation is 2. The summed E-state index contributed by atoms with van der Waals surface area (Å²) in [5.74, 6) is 0.369. The number of pyridine rings is 1. The number of para-hydroxylation sites is 1. The maximum atomic E-state index is 11.6. The molecule has 0 radical (unpaired) electrons. The molecule has 21 heavy (non-hydrogen) atoms. The van der Waals surface area contributed by atoms with Crippen LogP contribution in [0.4, 0.5) is 11.5 Å². The van der Waals surface area contributed by atoms with Gasteiger partial charge < -0.3 is 10.1 Å². The zero-order chi connectivity index (χ0) is 15.2. The molecule has 4 heteroatoms. The van der Waals surface area contributed by atoms with Crippen LogP contribution in [-0.4, -0.2) is 17.6 Å². The molecular weight excluding hydrogens is 264 g/mol. The van der Waals surface area contributed by atoms with E-state index in [1.807, 2.05) is 0 Å². The van der Waals surface area contributed by atoms with Gasteiger partial charge in [-0.3, -0.25) is 0 Å². The van der Waals surface area contributed by atoms with Crippen molar-refractivity contribution in [1.29, 1.82) is 0 Å². The number of benzene rings is 1. The minimum absolute atomic E-state index is 0.346. The highest BCUT2D eigenvalue weighted by Gasteiger charge is 2.08. The zero-order valence-corrected chi connectivity index (χ0v) is 12.6. The van der Waals surface area contributed by atoms with E-state index in [9.17, 15) is 4.79 Å². The number of rotatable bonds is 5. The van der Waals surface area contributed by atoms with Gasteiger partial charge in [0.2, 0.25) is 0 Å². The number of carbonyl (C=O) groups excluding carboxylic acids is 1. The van der Waals surface area contributed by atoms with E-state index >= 15 is 0 Å². The molecule has 0 saturated carbocycles. The fourth-order valence-electron chi connectivity index (χ4n) is 2.13. The Kier molecular flexibility index (Phi) is 4.93. The van der Waals surface area contributed by atoms with E-state index < -0.39 is 0 Å². The molecule has 0 aliphatic heterocycles. The first-order valence-electron chi connectivity index (χ1n) is 7.14. The van der Waals surface area contributed by atoms with Gasteiger partial charge in [0, 0.05) is 11.9 Å². The second-order valence-corrected chi connectivity index (χ2v) is 4.74. The van der Waals surface area contributed by atoms with Crippen LogP contribution in [0.2, 0.25) is 0 Å². The molecule has 0 atom stereocenters. The monoisotopic (exact) mass is 284 g/mol. The van der Waals surface area contributed by atoms with Crippen molar-refractivity contribution in [2.45, 2.75) is 27.2 Å². The van der Waals surface area contributed by atoms with E-state index in [4.69, 9.17) is 4.74 Å². The van der Waals surface area contributed by atoms with Crippen LogP contribution in [0.1, 0.15) is 35.3 Å². The maximum absolute atomic E-state index is 11.6. The summed E-state index contributed by atoms with van der Waals surface area (Å²) >= 11 is 0. The fourth-order valence-corrected chi connectivity index (χ4v) is 2.13. The Balaban J connectivity index is 2.19. The lowest BCUT2D eigenvalue weighted by Crippen LogP contribution is -2.06. The molecule has 2 aromatic rings. The fraction of sp³-hybridized carbons (Fsp3) is 0.294. The highest BCUT2D eigenvalue weighted by Crippen LogP contribution is 2.24. The van der Waals surface area contributed by atoms with Crippen LogP contribution >= 0.6 is 0 Å². The predicted octanol–water partition coefficient (Wildman–Crippen LogP) is 3.87. The number of anilines is 2. The van der Waals surface area contributed by atoms with Crippen molar-refractivity contribution in [3.8, 4) is 0 Å². The number of esters is 1. The van der Waals surface area contributed by atoms with Gasteiger partial charge >= 0.3 is 5.97 Å². The van der Waals surface area contributed by atoms with Crippen molar-refractivity contribution in [2.75, 3.05) is 11.9 Å². The van der Waals surface area contributed by atoms with E-state index in [2.05, 4.69) is 42.3 Å².